The van der Waals surface area contributed by atoms with E-state index < -0.39 is 11.4 Å². The van der Waals surface area contributed by atoms with Crippen LogP contribution in [0, 0.1) is 5.41 Å². The molecule has 1 atom stereocenters. The fourth-order valence-corrected chi connectivity index (χ4v) is 2.34. The van der Waals surface area contributed by atoms with Crippen LogP contribution in [0.15, 0.2) is 16.8 Å². The number of carboxylic acid groups (broad SMARTS) is 1. The summed E-state index contributed by atoms with van der Waals surface area (Å²) >= 11 is 1.62. The lowest BCUT2D eigenvalue weighted by atomic mass is 9.80. The molecule has 0 saturated heterocycles. The lowest BCUT2D eigenvalue weighted by molar-refractivity contribution is -0.148. The lowest BCUT2D eigenvalue weighted by Crippen LogP contribution is -2.29. The molecule has 2 nitrogen and oxygen atoms in total. The second-order valence-corrected chi connectivity index (χ2v) is 4.70. The predicted octanol–water partition coefficient (Wildman–Crippen LogP) is 3.18. The Morgan fingerprint density at radius 3 is 2.79 bits per heavy atom. The first-order valence-corrected chi connectivity index (χ1v) is 5.77. The SMILES string of the molecule is CCCC(C)(Cc1ccsc1)C(=O)O. The molecule has 0 aromatic carbocycles. The van der Waals surface area contributed by atoms with E-state index in [1.54, 1.807) is 11.3 Å². The molecule has 0 aliphatic carbocycles. The summed E-state index contributed by atoms with van der Waals surface area (Å²) in [5, 5.41) is 13.2. The van der Waals surface area contributed by atoms with Crippen molar-refractivity contribution >= 4 is 17.3 Å². The van der Waals surface area contributed by atoms with E-state index in [2.05, 4.69) is 0 Å². The second-order valence-electron chi connectivity index (χ2n) is 3.92. The number of hydrogen-bond donors (Lipinski definition) is 1. The molecule has 0 bridgehead atoms. The Morgan fingerprint density at radius 2 is 2.36 bits per heavy atom. The first-order chi connectivity index (χ1) is 6.58. The highest BCUT2D eigenvalue weighted by molar-refractivity contribution is 7.07. The molecule has 0 fully saturated rings. The summed E-state index contributed by atoms with van der Waals surface area (Å²) in [4.78, 5) is 11.1. The van der Waals surface area contributed by atoms with Crippen LogP contribution in [-0.2, 0) is 11.2 Å². The lowest BCUT2D eigenvalue weighted by Gasteiger charge is -2.23. The minimum atomic E-state index is -0.689. The monoisotopic (exact) mass is 212 g/mol. The fraction of sp³-hybridized carbons (Fsp3) is 0.545. The Kier molecular flexibility index (Phi) is 3.69. The molecule has 1 aromatic heterocycles. The third-order valence-corrected chi connectivity index (χ3v) is 3.22. The van der Waals surface area contributed by atoms with Gasteiger partial charge in [-0.3, -0.25) is 4.79 Å². The maximum atomic E-state index is 11.1. The zero-order chi connectivity index (χ0) is 10.6. The zero-order valence-electron chi connectivity index (χ0n) is 8.62. The van der Waals surface area contributed by atoms with Crippen LogP contribution in [0.4, 0.5) is 0 Å². The molecule has 78 valence electrons. The van der Waals surface area contributed by atoms with Gasteiger partial charge in [-0.15, -0.1) is 0 Å². The van der Waals surface area contributed by atoms with Crippen molar-refractivity contribution < 1.29 is 9.90 Å². The number of carbonyl (C=O) groups is 1. The van der Waals surface area contributed by atoms with Crippen molar-refractivity contribution in [3.05, 3.63) is 22.4 Å². The Hall–Kier alpha value is -0.830. The second kappa shape index (κ2) is 4.60. The average molecular weight is 212 g/mol. The molecule has 14 heavy (non-hydrogen) atoms. The molecule has 1 unspecified atom stereocenters. The van der Waals surface area contributed by atoms with E-state index in [1.807, 2.05) is 30.7 Å². The zero-order valence-corrected chi connectivity index (χ0v) is 9.43. The molecule has 0 amide bonds. The summed E-state index contributed by atoms with van der Waals surface area (Å²) < 4.78 is 0. The van der Waals surface area contributed by atoms with Gasteiger partial charge in [0, 0.05) is 0 Å². The van der Waals surface area contributed by atoms with Crippen molar-refractivity contribution in [3.8, 4) is 0 Å². The molecule has 1 rings (SSSR count). The summed E-state index contributed by atoms with van der Waals surface area (Å²) in [5.74, 6) is -0.689. The molecule has 0 radical (unpaired) electrons. The third-order valence-electron chi connectivity index (χ3n) is 2.49. The Bertz CT molecular complexity index is 292. The van der Waals surface area contributed by atoms with Crippen molar-refractivity contribution in [2.75, 3.05) is 0 Å². The molecule has 1 N–H and O–H groups in total. The molecule has 0 saturated carbocycles. The first kappa shape index (κ1) is 11.2. The first-order valence-electron chi connectivity index (χ1n) is 4.83. The van der Waals surface area contributed by atoms with Crippen molar-refractivity contribution in [3.63, 3.8) is 0 Å². The molecule has 0 aliphatic heterocycles. The molecule has 0 aliphatic rings. The van der Waals surface area contributed by atoms with E-state index in [-0.39, 0.29) is 0 Å². The Morgan fingerprint density at radius 1 is 1.64 bits per heavy atom. The average Bonchev–Trinajstić information content (AvgIpc) is 2.56. The summed E-state index contributed by atoms with van der Waals surface area (Å²) in [5.41, 5.74) is 0.531. The van der Waals surface area contributed by atoms with Crippen LogP contribution in [0.5, 0.6) is 0 Å². The van der Waals surface area contributed by atoms with Gasteiger partial charge in [0.25, 0.3) is 0 Å². The Balaban J connectivity index is 2.74. The highest BCUT2D eigenvalue weighted by Crippen LogP contribution is 2.29. The van der Waals surface area contributed by atoms with E-state index in [0.717, 1.165) is 18.4 Å². The van der Waals surface area contributed by atoms with Gasteiger partial charge in [0.05, 0.1) is 5.41 Å². The number of aliphatic carboxylic acids is 1. The Labute approximate surface area is 88.6 Å². The maximum absolute atomic E-state index is 11.1. The van der Waals surface area contributed by atoms with E-state index in [0.29, 0.717) is 6.42 Å². The highest BCUT2D eigenvalue weighted by atomic mass is 32.1. The molecule has 1 heterocycles. The van der Waals surface area contributed by atoms with Gasteiger partial charge in [0.2, 0.25) is 0 Å². The molecule has 1 aromatic rings. The van der Waals surface area contributed by atoms with Crippen LogP contribution in [0.25, 0.3) is 0 Å². The van der Waals surface area contributed by atoms with Gasteiger partial charge in [-0.05, 0) is 42.2 Å². The van der Waals surface area contributed by atoms with E-state index in [1.165, 1.54) is 0 Å². The topological polar surface area (TPSA) is 37.3 Å². The van der Waals surface area contributed by atoms with E-state index in [4.69, 9.17) is 5.11 Å². The predicted molar refractivity (Wildman–Crippen MR) is 58.7 cm³/mol. The molecular formula is C11H16O2S. The molecular weight excluding hydrogens is 196 g/mol. The van der Waals surface area contributed by atoms with Gasteiger partial charge < -0.3 is 5.11 Å². The molecule has 3 heteroatoms. The number of carboxylic acids is 1. The summed E-state index contributed by atoms with van der Waals surface area (Å²) in [6.07, 6.45) is 2.28. The summed E-state index contributed by atoms with van der Waals surface area (Å²) in [6.45, 7) is 3.85. The summed E-state index contributed by atoms with van der Waals surface area (Å²) in [7, 11) is 0. The number of rotatable bonds is 5. The van der Waals surface area contributed by atoms with Crippen molar-refractivity contribution in [2.24, 2.45) is 5.41 Å². The van der Waals surface area contributed by atoms with Crippen molar-refractivity contribution in [1.29, 1.82) is 0 Å². The van der Waals surface area contributed by atoms with Crippen LogP contribution in [0.1, 0.15) is 32.3 Å². The van der Waals surface area contributed by atoms with E-state index >= 15 is 0 Å². The van der Waals surface area contributed by atoms with Crippen molar-refractivity contribution in [2.45, 2.75) is 33.1 Å². The maximum Gasteiger partial charge on any atom is 0.309 e. The smallest absolute Gasteiger partial charge is 0.309 e. The fourth-order valence-electron chi connectivity index (χ4n) is 1.67. The van der Waals surface area contributed by atoms with Crippen LogP contribution in [-0.4, -0.2) is 11.1 Å². The van der Waals surface area contributed by atoms with Gasteiger partial charge in [0.1, 0.15) is 0 Å². The molecule has 0 spiro atoms. The van der Waals surface area contributed by atoms with Crippen LogP contribution in [0.2, 0.25) is 0 Å². The minimum absolute atomic E-state index is 0.601. The van der Waals surface area contributed by atoms with Gasteiger partial charge in [-0.25, -0.2) is 0 Å². The van der Waals surface area contributed by atoms with Crippen LogP contribution in [0.3, 0.4) is 0 Å². The number of hydrogen-bond acceptors (Lipinski definition) is 2. The van der Waals surface area contributed by atoms with Gasteiger partial charge in [-0.1, -0.05) is 13.3 Å². The van der Waals surface area contributed by atoms with Crippen LogP contribution < -0.4 is 0 Å². The quantitative estimate of drug-likeness (QED) is 0.814. The normalized spacial score (nSPS) is 15.0. The highest BCUT2D eigenvalue weighted by Gasteiger charge is 2.32. The summed E-state index contributed by atoms with van der Waals surface area (Å²) in [6, 6.07) is 2.00. The van der Waals surface area contributed by atoms with Gasteiger partial charge in [-0.2, -0.15) is 11.3 Å². The standard InChI is InChI=1S/C11H16O2S/c1-3-5-11(2,10(12)13)7-9-4-6-14-8-9/h4,6,8H,3,5,7H2,1-2H3,(H,12,13). The van der Waals surface area contributed by atoms with Crippen LogP contribution >= 0.6 is 11.3 Å². The van der Waals surface area contributed by atoms with Gasteiger partial charge >= 0.3 is 5.97 Å². The third kappa shape index (κ3) is 2.58. The largest absolute Gasteiger partial charge is 0.481 e. The number of thiophene rings is 1. The van der Waals surface area contributed by atoms with Gasteiger partial charge in [0.15, 0.2) is 0 Å². The minimum Gasteiger partial charge on any atom is -0.481 e. The van der Waals surface area contributed by atoms with Crippen molar-refractivity contribution in [1.82, 2.24) is 0 Å². The van der Waals surface area contributed by atoms with E-state index in [9.17, 15) is 4.79 Å².